The number of nitro groups is 1. The Kier molecular flexibility index (Phi) is 6.10. The third-order valence-corrected chi connectivity index (χ3v) is 4.49. The van der Waals surface area contributed by atoms with E-state index in [0.29, 0.717) is 10.8 Å². The summed E-state index contributed by atoms with van der Waals surface area (Å²) in [6.45, 7) is 4.88. The molecule has 1 aromatic heterocycles. The van der Waals surface area contributed by atoms with E-state index in [1.54, 1.807) is 38.1 Å². The van der Waals surface area contributed by atoms with Crippen LogP contribution in [0, 0.1) is 10.1 Å². The number of nitrogens with one attached hydrogen (secondary N) is 1. The second-order valence-corrected chi connectivity index (χ2v) is 7.08. The third kappa shape index (κ3) is 4.58. The standard InChI is InChI=1S/C21H20N4O6/c1-12(2)24-20(27)17-10-5-4-9-16(17)18(23-24)21(28)31-13(3)19(26)22-14-7-6-8-15(11-14)25(29)30/h4-13H,1-3H3,(H,22,26). The number of fused-ring (bicyclic) bond motifs is 1. The second kappa shape index (κ2) is 8.74. The van der Waals surface area contributed by atoms with Crippen molar-refractivity contribution in [2.75, 3.05) is 5.32 Å². The van der Waals surface area contributed by atoms with Crippen molar-refractivity contribution in [3.8, 4) is 0 Å². The lowest BCUT2D eigenvalue weighted by atomic mass is 10.1. The van der Waals surface area contributed by atoms with Gasteiger partial charge < -0.3 is 10.1 Å². The highest BCUT2D eigenvalue weighted by Gasteiger charge is 2.24. The summed E-state index contributed by atoms with van der Waals surface area (Å²) in [4.78, 5) is 48.1. The molecular weight excluding hydrogens is 404 g/mol. The Hall–Kier alpha value is -4.08. The number of non-ortho nitro benzene ring substituents is 1. The highest BCUT2D eigenvalue weighted by molar-refractivity contribution is 6.03. The highest BCUT2D eigenvalue weighted by atomic mass is 16.6. The monoisotopic (exact) mass is 424 g/mol. The van der Waals surface area contributed by atoms with Gasteiger partial charge in [-0.2, -0.15) is 5.10 Å². The van der Waals surface area contributed by atoms with Crippen LogP contribution in [0.1, 0.15) is 37.3 Å². The predicted octanol–water partition coefficient (Wildman–Crippen LogP) is 3.07. The Morgan fingerprint density at radius 3 is 2.42 bits per heavy atom. The molecule has 3 rings (SSSR count). The van der Waals surface area contributed by atoms with E-state index in [1.807, 2.05) is 0 Å². The van der Waals surface area contributed by atoms with Crippen LogP contribution >= 0.6 is 0 Å². The molecule has 0 aliphatic heterocycles. The molecule has 10 nitrogen and oxygen atoms in total. The van der Waals surface area contributed by atoms with Gasteiger partial charge in [0.05, 0.1) is 16.4 Å². The van der Waals surface area contributed by atoms with Gasteiger partial charge in [-0.15, -0.1) is 0 Å². The van der Waals surface area contributed by atoms with Crippen molar-refractivity contribution in [3.05, 3.63) is 74.7 Å². The lowest BCUT2D eigenvalue weighted by Crippen LogP contribution is -2.32. The molecule has 10 heteroatoms. The molecule has 1 N–H and O–H groups in total. The molecule has 31 heavy (non-hydrogen) atoms. The van der Waals surface area contributed by atoms with Crippen LogP contribution in [0.2, 0.25) is 0 Å². The number of ether oxygens (including phenoxy) is 1. The average Bonchev–Trinajstić information content (AvgIpc) is 2.73. The van der Waals surface area contributed by atoms with Crippen LogP contribution in [0.25, 0.3) is 10.8 Å². The predicted molar refractivity (Wildman–Crippen MR) is 113 cm³/mol. The van der Waals surface area contributed by atoms with E-state index in [-0.39, 0.29) is 28.7 Å². The molecular formula is C21H20N4O6. The van der Waals surface area contributed by atoms with Gasteiger partial charge in [-0.05, 0) is 32.9 Å². The number of carbonyl (C=O) groups is 2. The lowest BCUT2D eigenvalue weighted by molar-refractivity contribution is -0.384. The lowest BCUT2D eigenvalue weighted by Gasteiger charge is -2.16. The Morgan fingerprint density at radius 2 is 1.77 bits per heavy atom. The first kappa shape index (κ1) is 21.6. The van der Waals surface area contributed by atoms with Crippen molar-refractivity contribution in [1.82, 2.24) is 9.78 Å². The van der Waals surface area contributed by atoms with E-state index in [2.05, 4.69) is 10.4 Å². The summed E-state index contributed by atoms with van der Waals surface area (Å²) in [6.07, 6.45) is -1.22. The van der Waals surface area contributed by atoms with Gasteiger partial charge >= 0.3 is 5.97 Å². The maximum Gasteiger partial charge on any atom is 0.360 e. The minimum Gasteiger partial charge on any atom is -0.448 e. The Morgan fingerprint density at radius 1 is 1.10 bits per heavy atom. The van der Waals surface area contributed by atoms with Gasteiger partial charge in [0.2, 0.25) is 0 Å². The maximum atomic E-state index is 12.8. The molecule has 0 spiro atoms. The maximum absolute atomic E-state index is 12.8. The van der Waals surface area contributed by atoms with Gasteiger partial charge in [0.1, 0.15) is 0 Å². The molecule has 0 bridgehead atoms. The molecule has 0 fully saturated rings. The Bertz CT molecular complexity index is 1230. The van der Waals surface area contributed by atoms with Crippen molar-refractivity contribution in [1.29, 1.82) is 0 Å². The summed E-state index contributed by atoms with van der Waals surface area (Å²) in [7, 11) is 0. The number of nitro benzene ring substituents is 1. The first-order chi connectivity index (χ1) is 14.7. The van der Waals surface area contributed by atoms with Crippen LogP contribution in [0.15, 0.2) is 53.3 Å². The molecule has 1 unspecified atom stereocenters. The van der Waals surface area contributed by atoms with E-state index in [4.69, 9.17) is 4.74 Å². The van der Waals surface area contributed by atoms with Crippen molar-refractivity contribution in [2.45, 2.75) is 32.9 Å². The summed E-state index contributed by atoms with van der Waals surface area (Å²) < 4.78 is 6.46. The van der Waals surface area contributed by atoms with Gasteiger partial charge in [0.15, 0.2) is 11.8 Å². The van der Waals surface area contributed by atoms with Crippen LogP contribution in [-0.4, -0.2) is 32.7 Å². The van der Waals surface area contributed by atoms with E-state index in [1.165, 1.54) is 35.9 Å². The molecule has 1 atom stereocenters. The number of esters is 1. The number of hydrogen-bond donors (Lipinski definition) is 1. The average molecular weight is 424 g/mol. The largest absolute Gasteiger partial charge is 0.448 e. The first-order valence-corrected chi connectivity index (χ1v) is 9.47. The molecule has 0 radical (unpaired) electrons. The molecule has 0 aliphatic carbocycles. The zero-order valence-electron chi connectivity index (χ0n) is 17.1. The van der Waals surface area contributed by atoms with E-state index in [9.17, 15) is 24.5 Å². The number of benzene rings is 2. The number of rotatable bonds is 6. The van der Waals surface area contributed by atoms with Crippen LogP contribution in [-0.2, 0) is 9.53 Å². The zero-order valence-corrected chi connectivity index (χ0v) is 17.1. The summed E-state index contributed by atoms with van der Waals surface area (Å²) >= 11 is 0. The van der Waals surface area contributed by atoms with Gasteiger partial charge in [0, 0.05) is 23.2 Å². The molecule has 160 valence electrons. The van der Waals surface area contributed by atoms with Gasteiger partial charge in [-0.1, -0.05) is 24.3 Å². The first-order valence-electron chi connectivity index (χ1n) is 9.47. The third-order valence-electron chi connectivity index (χ3n) is 4.49. The number of carbonyl (C=O) groups excluding carboxylic acids is 2. The molecule has 0 saturated carbocycles. The topological polar surface area (TPSA) is 133 Å². The summed E-state index contributed by atoms with van der Waals surface area (Å²) in [5.74, 6) is -1.54. The quantitative estimate of drug-likeness (QED) is 0.365. The SMILES string of the molecule is CC(OC(=O)c1nn(C(C)C)c(=O)c2ccccc12)C(=O)Nc1cccc([N+](=O)[O-])c1. The van der Waals surface area contributed by atoms with Crippen LogP contribution < -0.4 is 10.9 Å². The minimum atomic E-state index is -1.22. The number of amides is 1. The number of nitrogens with zero attached hydrogens (tertiary/aromatic N) is 3. The van der Waals surface area contributed by atoms with Crippen LogP contribution in [0.3, 0.4) is 0 Å². The molecule has 0 saturated heterocycles. The highest BCUT2D eigenvalue weighted by Crippen LogP contribution is 2.19. The van der Waals surface area contributed by atoms with Crippen molar-refractivity contribution < 1.29 is 19.2 Å². The van der Waals surface area contributed by atoms with E-state index in [0.717, 1.165) is 0 Å². The smallest absolute Gasteiger partial charge is 0.360 e. The summed E-state index contributed by atoms with van der Waals surface area (Å²) in [5.41, 5.74) is -0.411. The van der Waals surface area contributed by atoms with Crippen molar-refractivity contribution in [3.63, 3.8) is 0 Å². The van der Waals surface area contributed by atoms with E-state index >= 15 is 0 Å². The van der Waals surface area contributed by atoms with E-state index < -0.39 is 22.9 Å². The minimum absolute atomic E-state index is 0.0844. The van der Waals surface area contributed by atoms with Crippen molar-refractivity contribution >= 4 is 34.0 Å². The molecule has 1 amide bonds. The second-order valence-electron chi connectivity index (χ2n) is 7.08. The number of anilines is 1. The number of hydrogen-bond acceptors (Lipinski definition) is 7. The molecule has 3 aromatic rings. The number of aromatic nitrogens is 2. The normalized spacial score (nSPS) is 11.9. The Balaban J connectivity index is 1.84. The molecule has 0 aliphatic rings. The summed E-state index contributed by atoms with van der Waals surface area (Å²) in [5, 5.41) is 18.1. The van der Waals surface area contributed by atoms with Gasteiger partial charge in [0.25, 0.3) is 17.2 Å². The van der Waals surface area contributed by atoms with Crippen LogP contribution in [0.5, 0.6) is 0 Å². The summed E-state index contributed by atoms with van der Waals surface area (Å²) in [6, 6.07) is 11.6. The fourth-order valence-electron chi connectivity index (χ4n) is 2.92. The molecule has 1 heterocycles. The fraction of sp³-hybridized carbons (Fsp3) is 0.238. The van der Waals surface area contributed by atoms with Gasteiger partial charge in [-0.3, -0.25) is 19.7 Å². The van der Waals surface area contributed by atoms with Gasteiger partial charge in [-0.25, -0.2) is 9.48 Å². The van der Waals surface area contributed by atoms with Crippen molar-refractivity contribution in [2.24, 2.45) is 0 Å². The fourth-order valence-corrected chi connectivity index (χ4v) is 2.92. The Labute approximate surface area is 176 Å². The zero-order chi connectivity index (χ0) is 22.7. The van der Waals surface area contributed by atoms with Crippen LogP contribution in [0.4, 0.5) is 11.4 Å². The molecule has 2 aromatic carbocycles.